The van der Waals surface area contributed by atoms with E-state index in [1.54, 1.807) is 0 Å². The fourth-order valence-corrected chi connectivity index (χ4v) is 4.68. The first-order valence-electron chi connectivity index (χ1n) is 7.12. The summed E-state index contributed by atoms with van der Waals surface area (Å²) in [5, 5.41) is 3.01. The van der Waals surface area contributed by atoms with E-state index in [1.807, 2.05) is 18.7 Å². The Labute approximate surface area is 129 Å². The zero-order valence-corrected chi connectivity index (χ0v) is 13.7. The summed E-state index contributed by atoms with van der Waals surface area (Å²) in [6.07, 6.45) is 1.69. The van der Waals surface area contributed by atoms with Crippen LogP contribution < -0.4 is 10.0 Å². The average molecular weight is 332 g/mol. The molecule has 21 heavy (non-hydrogen) atoms. The van der Waals surface area contributed by atoms with E-state index in [9.17, 15) is 12.8 Å². The highest BCUT2D eigenvalue weighted by atomic mass is 32.2. The van der Waals surface area contributed by atoms with Gasteiger partial charge in [-0.05, 0) is 49.1 Å². The molecule has 1 heterocycles. The van der Waals surface area contributed by atoms with Gasteiger partial charge in [-0.3, -0.25) is 0 Å². The molecule has 0 unspecified atom stereocenters. The third-order valence-corrected chi connectivity index (χ3v) is 6.00. The number of hydrogen-bond donors (Lipinski definition) is 2. The van der Waals surface area contributed by atoms with Crippen molar-refractivity contribution in [3.05, 3.63) is 29.6 Å². The SMILES string of the molecule is CCNCc1cc(S(=O)(=O)NC2CCSCC2)ccc1F. The van der Waals surface area contributed by atoms with E-state index in [-0.39, 0.29) is 16.8 Å². The molecule has 2 N–H and O–H groups in total. The summed E-state index contributed by atoms with van der Waals surface area (Å²) in [6, 6.07) is 3.94. The van der Waals surface area contributed by atoms with Crippen molar-refractivity contribution in [3.63, 3.8) is 0 Å². The van der Waals surface area contributed by atoms with Gasteiger partial charge in [-0.15, -0.1) is 0 Å². The number of nitrogens with one attached hydrogen (secondary N) is 2. The molecule has 1 saturated heterocycles. The standard InChI is InChI=1S/C14H21FN2O2S2/c1-2-16-10-11-9-13(3-4-14(11)15)21(18,19)17-12-5-7-20-8-6-12/h3-4,9,12,16-17H,2,5-8,10H2,1H3. The maximum absolute atomic E-state index is 13.7. The van der Waals surface area contributed by atoms with Crippen molar-refractivity contribution in [2.24, 2.45) is 0 Å². The maximum atomic E-state index is 13.7. The summed E-state index contributed by atoms with van der Waals surface area (Å²) >= 11 is 1.84. The lowest BCUT2D eigenvalue weighted by molar-refractivity contribution is 0.528. The van der Waals surface area contributed by atoms with Crippen LogP contribution in [0.25, 0.3) is 0 Å². The van der Waals surface area contributed by atoms with E-state index in [4.69, 9.17) is 0 Å². The summed E-state index contributed by atoms with van der Waals surface area (Å²) in [4.78, 5) is 0.134. The first kappa shape index (κ1) is 16.7. The molecule has 1 fully saturated rings. The highest BCUT2D eigenvalue weighted by Crippen LogP contribution is 2.20. The van der Waals surface area contributed by atoms with Gasteiger partial charge in [0, 0.05) is 18.2 Å². The number of hydrogen-bond acceptors (Lipinski definition) is 4. The molecule has 0 radical (unpaired) electrons. The largest absolute Gasteiger partial charge is 0.313 e. The molecule has 0 aromatic heterocycles. The van der Waals surface area contributed by atoms with Crippen LogP contribution in [0.2, 0.25) is 0 Å². The maximum Gasteiger partial charge on any atom is 0.240 e. The first-order chi connectivity index (χ1) is 10.0. The smallest absolute Gasteiger partial charge is 0.240 e. The van der Waals surface area contributed by atoms with Crippen LogP contribution in [-0.4, -0.2) is 32.5 Å². The van der Waals surface area contributed by atoms with Gasteiger partial charge in [0.15, 0.2) is 0 Å². The Morgan fingerprint density at radius 1 is 1.33 bits per heavy atom. The van der Waals surface area contributed by atoms with Gasteiger partial charge in [-0.2, -0.15) is 11.8 Å². The summed E-state index contributed by atoms with van der Waals surface area (Å²) in [6.45, 7) is 2.95. The van der Waals surface area contributed by atoms with E-state index in [0.717, 1.165) is 24.3 Å². The minimum absolute atomic E-state index is 0.0153. The van der Waals surface area contributed by atoms with Crippen molar-refractivity contribution >= 4 is 21.8 Å². The lowest BCUT2D eigenvalue weighted by Crippen LogP contribution is -2.37. The molecular formula is C14H21FN2O2S2. The molecule has 4 nitrogen and oxygen atoms in total. The fourth-order valence-electron chi connectivity index (χ4n) is 2.22. The van der Waals surface area contributed by atoms with Crippen molar-refractivity contribution in [2.75, 3.05) is 18.1 Å². The van der Waals surface area contributed by atoms with E-state index < -0.39 is 10.0 Å². The van der Waals surface area contributed by atoms with E-state index >= 15 is 0 Å². The zero-order valence-electron chi connectivity index (χ0n) is 12.1. The van der Waals surface area contributed by atoms with Crippen LogP contribution in [0.15, 0.2) is 23.1 Å². The average Bonchev–Trinajstić information content (AvgIpc) is 2.47. The monoisotopic (exact) mass is 332 g/mol. The zero-order chi connectivity index (χ0) is 15.3. The second-order valence-electron chi connectivity index (χ2n) is 5.04. The molecular weight excluding hydrogens is 311 g/mol. The second-order valence-corrected chi connectivity index (χ2v) is 7.98. The summed E-state index contributed by atoms with van der Waals surface area (Å²) < 4.78 is 41.2. The molecule has 0 aliphatic carbocycles. The third-order valence-electron chi connectivity index (χ3n) is 3.44. The van der Waals surface area contributed by atoms with Gasteiger partial charge in [0.1, 0.15) is 5.82 Å². The molecule has 1 aliphatic rings. The molecule has 1 aromatic rings. The Morgan fingerprint density at radius 3 is 2.71 bits per heavy atom. The van der Waals surface area contributed by atoms with Crippen molar-refractivity contribution in [1.29, 1.82) is 0 Å². The molecule has 1 aromatic carbocycles. The van der Waals surface area contributed by atoms with Crippen LogP contribution in [0.4, 0.5) is 4.39 Å². The molecule has 2 rings (SSSR count). The molecule has 118 valence electrons. The highest BCUT2D eigenvalue weighted by molar-refractivity contribution is 7.99. The number of benzene rings is 1. The van der Waals surface area contributed by atoms with Crippen molar-refractivity contribution in [1.82, 2.24) is 10.0 Å². The fraction of sp³-hybridized carbons (Fsp3) is 0.571. The quantitative estimate of drug-likeness (QED) is 0.838. The predicted octanol–water partition coefficient (Wildman–Crippen LogP) is 2.11. The molecule has 0 spiro atoms. The van der Waals surface area contributed by atoms with E-state index in [0.29, 0.717) is 18.7 Å². The van der Waals surface area contributed by atoms with Crippen molar-refractivity contribution < 1.29 is 12.8 Å². The summed E-state index contributed by atoms with van der Waals surface area (Å²) in [5.41, 5.74) is 0.374. The van der Waals surface area contributed by atoms with Crippen LogP contribution in [-0.2, 0) is 16.6 Å². The van der Waals surface area contributed by atoms with Gasteiger partial charge in [0.2, 0.25) is 10.0 Å². The number of halogens is 1. The number of rotatable bonds is 6. The predicted molar refractivity (Wildman–Crippen MR) is 84.4 cm³/mol. The lowest BCUT2D eigenvalue weighted by atomic mass is 10.2. The van der Waals surface area contributed by atoms with Crippen LogP contribution in [0.5, 0.6) is 0 Å². The van der Waals surface area contributed by atoms with Crippen molar-refractivity contribution in [2.45, 2.75) is 37.2 Å². The van der Waals surface area contributed by atoms with Gasteiger partial charge in [0.05, 0.1) is 4.90 Å². The minimum atomic E-state index is -3.58. The van der Waals surface area contributed by atoms with E-state index in [2.05, 4.69) is 10.0 Å². The Bertz CT molecular complexity index is 572. The number of sulfonamides is 1. The Kier molecular flexibility index (Phi) is 6.04. The van der Waals surface area contributed by atoms with Gasteiger partial charge in [0.25, 0.3) is 0 Å². The highest BCUT2D eigenvalue weighted by Gasteiger charge is 2.22. The molecule has 0 atom stereocenters. The van der Waals surface area contributed by atoms with Crippen LogP contribution >= 0.6 is 11.8 Å². The summed E-state index contributed by atoms with van der Waals surface area (Å²) in [5.74, 6) is 1.56. The molecule has 0 amide bonds. The Balaban J connectivity index is 2.14. The molecule has 0 saturated carbocycles. The molecule has 7 heteroatoms. The Hall–Kier alpha value is -0.630. The topological polar surface area (TPSA) is 58.2 Å². The summed E-state index contributed by atoms with van der Waals surface area (Å²) in [7, 11) is -3.58. The van der Waals surface area contributed by atoms with Crippen LogP contribution in [0.3, 0.4) is 0 Å². The van der Waals surface area contributed by atoms with E-state index in [1.165, 1.54) is 18.2 Å². The molecule has 1 aliphatic heterocycles. The molecule has 0 bridgehead atoms. The third kappa shape index (κ3) is 4.67. The normalized spacial score (nSPS) is 17.0. The second kappa shape index (κ2) is 7.58. The lowest BCUT2D eigenvalue weighted by Gasteiger charge is -2.22. The van der Waals surface area contributed by atoms with Gasteiger partial charge in [-0.25, -0.2) is 17.5 Å². The first-order valence-corrected chi connectivity index (χ1v) is 9.76. The van der Waals surface area contributed by atoms with Gasteiger partial charge in [-0.1, -0.05) is 6.92 Å². The number of thioether (sulfide) groups is 1. The van der Waals surface area contributed by atoms with Crippen molar-refractivity contribution in [3.8, 4) is 0 Å². The Morgan fingerprint density at radius 2 is 2.05 bits per heavy atom. The van der Waals surface area contributed by atoms with Gasteiger partial charge >= 0.3 is 0 Å². The minimum Gasteiger partial charge on any atom is -0.313 e. The van der Waals surface area contributed by atoms with Crippen LogP contribution in [0, 0.1) is 5.82 Å². The van der Waals surface area contributed by atoms with Gasteiger partial charge < -0.3 is 5.32 Å². The van der Waals surface area contributed by atoms with Crippen LogP contribution in [0.1, 0.15) is 25.3 Å².